The van der Waals surface area contributed by atoms with Crippen LogP contribution in [0.25, 0.3) is 10.2 Å². The van der Waals surface area contributed by atoms with Crippen molar-refractivity contribution >= 4 is 33.3 Å². The van der Waals surface area contributed by atoms with E-state index < -0.39 is 11.5 Å². The van der Waals surface area contributed by atoms with E-state index in [1.54, 1.807) is 0 Å². The molecule has 1 fully saturated rings. The van der Waals surface area contributed by atoms with E-state index >= 15 is 0 Å². The third-order valence-electron chi connectivity index (χ3n) is 3.74. The zero-order chi connectivity index (χ0) is 13.3. The highest BCUT2D eigenvalue weighted by atomic mass is 32.1. The first-order valence-electron chi connectivity index (χ1n) is 6.41. The number of anilines is 1. The van der Waals surface area contributed by atoms with Gasteiger partial charge in [0, 0.05) is 0 Å². The Kier molecular flexibility index (Phi) is 3.10. The normalized spacial score (nSPS) is 18.3. The van der Waals surface area contributed by atoms with Crippen LogP contribution in [0.5, 0.6) is 0 Å². The molecule has 0 radical (unpaired) electrons. The Labute approximate surface area is 114 Å². The maximum atomic E-state index is 11.7. The van der Waals surface area contributed by atoms with Gasteiger partial charge in [-0.1, -0.05) is 19.3 Å². The molecule has 2 aromatic rings. The van der Waals surface area contributed by atoms with E-state index in [0.717, 1.165) is 29.5 Å². The van der Waals surface area contributed by atoms with Crippen LogP contribution in [0.2, 0.25) is 0 Å². The number of nitrogens with one attached hydrogen (secondary N) is 1. The zero-order valence-electron chi connectivity index (χ0n) is 10.4. The van der Waals surface area contributed by atoms with Crippen LogP contribution in [0, 0.1) is 0 Å². The van der Waals surface area contributed by atoms with Crippen molar-refractivity contribution in [1.82, 2.24) is 9.97 Å². The molecule has 0 aromatic carbocycles. The number of aromatic nitrogens is 2. The summed E-state index contributed by atoms with van der Waals surface area (Å²) >= 11 is 1.53. The predicted molar refractivity (Wildman–Crippen MR) is 74.5 cm³/mol. The van der Waals surface area contributed by atoms with E-state index in [1.165, 1.54) is 17.7 Å². The molecule has 0 unspecified atom stereocenters. The fourth-order valence-electron chi connectivity index (χ4n) is 2.66. The molecule has 1 saturated carbocycles. The van der Waals surface area contributed by atoms with E-state index in [4.69, 9.17) is 0 Å². The lowest BCUT2D eigenvalue weighted by atomic mass is 9.81. The molecule has 6 heteroatoms. The van der Waals surface area contributed by atoms with Gasteiger partial charge in [-0.3, -0.25) is 0 Å². The number of hydrogen-bond donors (Lipinski definition) is 2. The summed E-state index contributed by atoms with van der Waals surface area (Å²) in [6.45, 7) is 0. The summed E-state index contributed by atoms with van der Waals surface area (Å²) in [6, 6.07) is 1.93. The van der Waals surface area contributed by atoms with Crippen LogP contribution in [0.1, 0.15) is 32.1 Å². The van der Waals surface area contributed by atoms with Crippen molar-refractivity contribution in [3.8, 4) is 0 Å². The number of carbonyl (C=O) groups is 1. The van der Waals surface area contributed by atoms with Gasteiger partial charge in [0.05, 0.1) is 5.39 Å². The monoisotopic (exact) mass is 277 g/mol. The first-order chi connectivity index (χ1) is 9.21. The van der Waals surface area contributed by atoms with E-state index in [1.807, 2.05) is 11.4 Å². The Morgan fingerprint density at radius 2 is 2.11 bits per heavy atom. The van der Waals surface area contributed by atoms with Gasteiger partial charge in [-0.2, -0.15) is 0 Å². The van der Waals surface area contributed by atoms with Crippen LogP contribution >= 0.6 is 11.3 Å². The second-order valence-electron chi connectivity index (χ2n) is 4.93. The molecule has 0 atom stereocenters. The third-order valence-corrected chi connectivity index (χ3v) is 4.56. The van der Waals surface area contributed by atoms with Gasteiger partial charge < -0.3 is 10.4 Å². The lowest BCUT2D eigenvalue weighted by Crippen LogP contribution is -2.48. The van der Waals surface area contributed by atoms with Gasteiger partial charge in [0.15, 0.2) is 0 Å². The average molecular weight is 277 g/mol. The summed E-state index contributed by atoms with van der Waals surface area (Å²) in [7, 11) is 0. The Morgan fingerprint density at radius 1 is 1.32 bits per heavy atom. The molecule has 19 heavy (non-hydrogen) atoms. The smallest absolute Gasteiger partial charge is 0.329 e. The molecule has 0 bridgehead atoms. The molecular formula is C13H15N3O2S. The molecule has 0 saturated heterocycles. The summed E-state index contributed by atoms with van der Waals surface area (Å²) in [5, 5.41) is 15.6. The van der Waals surface area contributed by atoms with Crippen molar-refractivity contribution < 1.29 is 9.90 Å². The first-order valence-corrected chi connectivity index (χ1v) is 7.29. The number of carboxylic acids is 1. The molecule has 0 spiro atoms. The Balaban J connectivity index is 1.98. The van der Waals surface area contributed by atoms with Crippen LogP contribution in [0.15, 0.2) is 17.8 Å². The molecule has 2 N–H and O–H groups in total. The molecule has 3 rings (SSSR count). The summed E-state index contributed by atoms with van der Waals surface area (Å²) in [4.78, 5) is 20.9. The fraction of sp³-hybridized carbons (Fsp3) is 0.462. The third kappa shape index (κ3) is 2.16. The van der Waals surface area contributed by atoms with Crippen molar-refractivity contribution in [2.75, 3.05) is 5.32 Å². The summed E-state index contributed by atoms with van der Waals surface area (Å²) in [6.07, 6.45) is 5.78. The standard InChI is InChI=1S/C13H15N3O2S/c17-12(18)13(5-2-1-3-6-13)16-10-9-4-7-19-11(9)15-8-14-10/h4,7-8H,1-3,5-6H2,(H,17,18)(H,14,15,16). The maximum absolute atomic E-state index is 11.7. The summed E-state index contributed by atoms with van der Waals surface area (Å²) in [5.74, 6) is -0.148. The zero-order valence-corrected chi connectivity index (χ0v) is 11.2. The van der Waals surface area contributed by atoms with Crippen LogP contribution in [0.4, 0.5) is 5.82 Å². The molecule has 1 aliphatic carbocycles. The van der Waals surface area contributed by atoms with Crippen LogP contribution < -0.4 is 5.32 Å². The van der Waals surface area contributed by atoms with Gasteiger partial charge in [-0.05, 0) is 24.3 Å². The van der Waals surface area contributed by atoms with Crippen molar-refractivity contribution in [3.05, 3.63) is 17.8 Å². The Morgan fingerprint density at radius 3 is 2.84 bits per heavy atom. The lowest BCUT2D eigenvalue weighted by Gasteiger charge is -2.34. The maximum Gasteiger partial charge on any atom is 0.329 e. The molecule has 0 amide bonds. The number of thiophene rings is 1. The lowest BCUT2D eigenvalue weighted by molar-refractivity contribution is -0.143. The fourth-order valence-corrected chi connectivity index (χ4v) is 3.40. The van der Waals surface area contributed by atoms with Crippen molar-refractivity contribution in [2.45, 2.75) is 37.6 Å². The minimum atomic E-state index is -0.874. The average Bonchev–Trinajstić information content (AvgIpc) is 2.89. The molecule has 2 aromatic heterocycles. The quantitative estimate of drug-likeness (QED) is 0.902. The first kappa shape index (κ1) is 12.3. The Bertz CT molecular complexity index is 605. The van der Waals surface area contributed by atoms with Crippen molar-refractivity contribution in [1.29, 1.82) is 0 Å². The largest absolute Gasteiger partial charge is 0.480 e. The molecular weight excluding hydrogens is 262 g/mol. The predicted octanol–water partition coefficient (Wildman–Crippen LogP) is 2.89. The highest BCUT2D eigenvalue weighted by molar-refractivity contribution is 7.16. The van der Waals surface area contributed by atoms with Gasteiger partial charge in [-0.25, -0.2) is 14.8 Å². The topological polar surface area (TPSA) is 75.1 Å². The van der Waals surface area contributed by atoms with Gasteiger partial charge in [0.2, 0.25) is 0 Å². The van der Waals surface area contributed by atoms with Crippen molar-refractivity contribution in [2.24, 2.45) is 0 Å². The molecule has 5 nitrogen and oxygen atoms in total. The second kappa shape index (κ2) is 4.77. The minimum absolute atomic E-state index is 0.635. The second-order valence-corrected chi connectivity index (χ2v) is 5.83. The Hall–Kier alpha value is -1.69. The van der Waals surface area contributed by atoms with E-state index in [-0.39, 0.29) is 0 Å². The molecule has 1 aliphatic rings. The van der Waals surface area contributed by atoms with Crippen LogP contribution in [-0.4, -0.2) is 26.6 Å². The summed E-state index contributed by atoms with van der Waals surface area (Å²) < 4.78 is 0. The molecule has 100 valence electrons. The van der Waals surface area contributed by atoms with Gasteiger partial charge in [0.1, 0.15) is 22.5 Å². The van der Waals surface area contributed by atoms with Gasteiger partial charge in [-0.15, -0.1) is 11.3 Å². The molecule has 0 aliphatic heterocycles. The number of nitrogens with zero attached hydrogens (tertiary/aromatic N) is 2. The summed E-state index contributed by atoms with van der Waals surface area (Å²) in [5.41, 5.74) is -0.874. The highest BCUT2D eigenvalue weighted by Crippen LogP contribution is 2.34. The molecule has 2 heterocycles. The minimum Gasteiger partial charge on any atom is -0.480 e. The van der Waals surface area contributed by atoms with Crippen LogP contribution in [0.3, 0.4) is 0 Å². The van der Waals surface area contributed by atoms with Crippen LogP contribution in [-0.2, 0) is 4.79 Å². The number of hydrogen-bond acceptors (Lipinski definition) is 5. The van der Waals surface area contributed by atoms with E-state index in [0.29, 0.717) is 18.7 Å². The SMILES string of the molecule is O=C(O)C1(Nc2ncnc3sccc23)CCCCC1. The van der Waals surface area contributed by atoms with E-state index in [2.05, 4.69) is 15.3 Å². The number of carboxylic acid groups (broad SMARTS) is 1. The highest BCUT2D eigenvalue weighted by Gasteiger charge is 2.40. The number of rotatable bonds is 3. The van der Waals surface area contributed by atoms with Gasteiger partial charge >= 0.3 is 5.97 Å². The van der Waals surface area contributed by atoms with Gasteiger partial charge in [0.25, 0.3) is 0 Å². The number of aliphatic carboxylic acids is 1. The van der Waals surface area contributed by atoms with E-state index in [9.17, 15) is 9.90 Å². The number of fused-ring (bicyclic) bond motifs is 1. The van der Waals surface area contributed by atoms with Crippen molar-refractivity contribution in [3.63, 3.8) is 0 Å².